The molecule has 5 rings (SSSR count). The Kier molecular flexibility index (Phi) is 8.63. The Morgan fingerprint density at radius 2 is 2.05 bits per heavy atom. The second kappa shape index (κ2) is 12.3. The molecule has 1 aliphatic heterocycles. The minimum Gasteiger partial charge on any atom is -0.455 e. The van der Waals surface area contributed by atoms with Crippen LogP contribution in [-0.4, -0.2) is 55.7 Å². The zero-order chi connectivity index (χ0) is 28.1. The number of aliphatic hydroxyl groups is 1. The Balaban J connectivity index is 1.31. The molecule has 11 heteroatoms. The lowest BCUT2D eigenvalue weighted by atomic mass is 9.98. The molecule has 11 nitrogen and oxygen atoms in total. The van der Waals surface area contributed by atoms with Crippen molar-refractivity contribution in [3.05, 3.63) is 64.7 Å². The number of hydrogen-bond acceptors (Lipinski definition) is 8. The molecule has 1 saturated carbocycles. The van der Waals surface area contributed by atoms with Crippen molar-refractivity contribution in [1.82, 2.24) is 19.6 Å². The Hall–Kier alpha value is -3.54. The first-order chi connectivity index (χ1) is 19.3. The van der Waals surface area contributed by atoms with Gasteiger partial charge in [0.15, 0.2) is 17.4 Å². The third-order valence-corrected chi connectivity index (χ3v) is 7.36. The van der Waals surface area contributed by atoms with Gasteiger partial charge in [0.2, 0.25) is 0 Å². The molecule has 2 aliphatic rings. The predicted molar refractivity (Wildman–Crippen MR) is 147 cm³/mol. The number of benzene rings is 1. The minimum absolute atomic E-state index is 0.0165. The number of anilines is 1. The highest BCUT2D eigenvalue weighted by Crippen LogP contribution is 2.32. The molecule has 2 aromatic heterocycles. The molecule has 3 aromatic rings. The van der Waals surface area contributed by atoms with Crippen LogP contribution in [0, 0.1) is 5.92 Å². The maximum Gasteiger partial charge on any atom is 0.271 e. The van der Waals surface area contributed by atoms with Gasteiger partial charge < -0.3 is 24.6 Å². The molecule has 2 fully saturated rings. The number of aliphatic hydroxyl groups excluding tert-OH is 1. The first-order valence-corrected chi connectivity index (χ1v) is 13.9. The van der Waals surface area contributed by atoms with Crippen molar-refractivity contribution in [2.75, 3.05) is 18.5 Å². The predicted octanol–water partition coefficient (Wildman–Crippen LogP) is 3.68. The van der Waals surface area contributed by atoms with E-state index in [1.54, 1.807) is 23.0 Å². The maximum atomic E-state index is 13.5. The normalized spacial score (nSPS) is 19.5. The second-order valence-corrected chi connectivity index (χ2v) is 10.9. The highest BCUT2D eigenvalue weighted by Gasteiger charge is 2.33. The number of nitrogens with zero attached hydrogens (tertiary/aromatic N) is 4. The van der Waals surface area contributed by atoms with Crippen LogP contribution in [0.15, 0.2) is 53.6 Å². The first-order valence-electron chi connectivity index (χ1n) is 13.9. The summed E-state index contributed by atoms with van der Waals surface area (Å²) in [6, 6.07) is 9.60. The Morgan fingerprint density at radius 3 is 2.77 bits per heavy atom. The summed E-state index contributed by atoms with van der Waals surface area (Å²) in [5.41, 5.74) is 0.393. The number of carbonyl (C=O) groups excluding carboxylic acids is 1. The Bertz CT molecular complexity index is 1360. The fourth-order valence-electron chi connectivity index (χ4n) is 5.43. The van der Waals surface area contributed by atoms with Crippen LogP contribution in [0.4, 0.5) is 5.82 Å². The van der Waals surface area contributed by atoms with Crippen LogP contribution < -0.4 is 15.6 Å². The first kappa shape index (κ1) is 28.0. The van der Waals surface area contributed by atoms with Gasteiger partial charge in [0.05, 0.1) is 19.3 Å². The minimum atomic E-state index is -0.788. The van der Waals surface area contributed by atoms with Gasteiger partial charge in [0.1, 0.15) is 17.9 Å². The largest absolute Gasteiger partial charge is 0.455 e. The average molecular weight is 552 g/mol. The summed E-state index contributed by atoms with van der Waals surface area (Å²) >= 11 is 0. The summed E-state index contributed by atoms with van der Waals surface area (Å²) in [5, 5.41) is 21.1. The number of carbonyl (C=O) groups is 1. The molecule has 1 aromatic carbocycles. The number of aromatic nitrogens is 4. The van der Waals surface area contributed by atoms with E-state index in [1.807, 2.05) is 32.0 Å². The van der Waals surface area contributed by atoms with Gasteiger partial charge in [0.25, 0.3) is 11.5 Å². The van der Waals surface area contributed by atoms with E-state index in [4.69, 9.17) is 14.2 Å². The van der Waals surface area contributed by atoms with Gasteiger partial charge >= 0.3 is 0 Å². The standard InChI is InChI=1S/C29H37N5O6/c1-29(2)38-19-23(40-29)18-33-13-11-26(32-33)31-28(37)24(15-20-7-3-4-8-20)34-27(36)16-22(17-30-34)39-25-10-6-5-9-21(25)12-14-35/h5-6,9-11,13,16-17,20,23-24,35H,3-4,7-8,12,14-15,18-19H2,1-2H3,(H,31,32,37)/t23-,24?/m1/s1. The van der Waals surface area contributed by atoms with Crippen molar-refractivity contribution in [2.45, 2.75) is 76.9 Å². The highest BCUT2D eigenvalue weighted by molar-refractivity contribution is 5.92. The molecule has 3 heterocycles. The lowest BCUT2D eigenvalue weighted by Gasteiger charge is -2.21. The van der Waals surface area contributed by atoms with Crippen LogP contribution >= 0.6 is 0 Å². The number of rotatable bonds is 11. The zero-order valence-electron chi connectivity index (χ0n) is 23.0. The van der Waals surface area contributed by atoms with Gasteiger partial charge in [-0.25, -0.2) is 4.68 Å². The quantitative estimate of drug-likeness (QED) is 0.369. The van der Waals surface area contributed by atoms with Gasteiger partial charge in [-0.15, -0.1) is 0 Å². The van der Waals surface area contributed by atoms with Crippen molar-refractivity contribution in [3.8, 4) is 11.5 Å². The number of para-hydroxylation sites is 1. The van der Waals surface area contributed by atoms with E-state index >= 15 is 0 Å². The van der Waals surface area contributed by atoms with Gasteiger partial charge in [-0.05, 0) is 44.2 Å². The summed E-state index contributed by atoms with van der Waals surface area (Å²) in [4.78, 5) is 26.7. The van der Waals surface area contributed by atoms with Gasteiger partial charge in [-0.1, -0.05) is 43.9 Å². The molecule has 2 atom stereocenters. The highest BCUT2D eigenvalue weighted by atomic mass is 16.7. The molecule has 1 saturated heterocycles. The maximum absolute atomic E-state index is 13.5. The number of nitrogens with one attached hydrogen (secondary N) is 1. The SMILES string of the molecule is CC1(C)OC[C@@H](Cn2ccc(NC(=O)C(CC3CCCC3)n3ncc(Oc4ccccc4CCO)cc3=O)n2)O1. The Labute approximate surface area is 233 Å². The lowest BCUT2D eigenvalue weighted by Crippen LogP contribution is -2.36. The summed E-state index contributed by atoms with van der Waals surface area (Å²) < 4.78 is 20.3. The van der Waals surface area contributed by atoms with E-state index in [-0.39, 0.29) is 24.4 Å². The van der Waals surface area contributed by atoms with Crippen molar-refractivity contribution in [3.63, 3.8) is 0 Å². The number of hydrogen-bond donors (Lipinski definition) is 2. The van der Waals surface area contributed by atoms with Crippen molar-refractivity contribution in [1.29, 1.82) is 0 Å². The molecule has 2 N–H and O–H groups in total. The van der Waals surface area contributed by atoms with E-state index in [9.17, 15) is 14.7 Å². The molecule has 0 spiro atoms. The fourth-order valence-corrected chi connectivity index (χ4v) is 5.43. The van der Waals surface area contributed by atoms with E-state index in [0.717, 1.165) is 31.2 Å². The van der Waals surface area contributed by atoms with Crippen LogP contribution in [0.1, 0.15) is 57.6 Å². The fraction of sp³-hybridized carbons (Fsp3) is 0.517. The molecule has 1 unspecified atom stereocenters. The van der Waals surface area contributed by atoms with Crippen molar-refractivity contribution in [2.24, 2.45) is 5.92 Å². The molecule has 40 heavy (non-hydrogen) atoms. The molecule has 0 bridgehead atoms. The van der Waals surface area contributed by atoms with E-state index < -0.39 is 17.4 Å². The number of amides is 1. The monoisotopic (exact) mass is 551 g/mol. The van der Waals surface area contributed by atoms with Gasteiger partial charge in [0, 0.05) is 24.9 Å². The van der Waals surface area contributed by atoms with E-state index in [1.165, 1.54) is 16.9 Å². The third-order valence-electron chi connectivity index (χ3n) is 7.36. The third kappa shape index (κ3) is 6.96. The van der Waals surface area contributed by atoms with Gasteiger partial charge in [-0.2, -0.15) is 10.2 Å². The smallest absolute Gasteiger partial charge is 0.271 e. The molecule has 0 radical (unpaired) electrons. The molecular formula is C29H37N5O6. The van der Waals surface area contributed by atoms with E-state index in [2.05, 4.69) is 15.5 Å². The van der Waals surface area contributed by atoms with Crippen LogP contribution in [-0.2, 0) is 27.2 Å². The van der Waals surface area contributed by atoms with E-state index in [0.29, 0.717) is 43.5 Å². The zero-order valence-corrected chi connectivity index (χ0v) is 23.0. The van der Waals surface area contributed by atoms with Crippen LogP contribution in [0.3, 0.4) is 0 Å². The average Bonchev–Trinajstić information content (AvgIpc) is 3.67. The van der Waals surface area contributed by atoms with Crippen molar-refractivity contribution >= 4 is 11.7 Å². The summed E-state index contributed by atoms with van der Waals surface area (Å²) in [5.74, 6) is 0.595. The molecule has 1 amide bonds. The number of ether oxygens (including phenoxy) is 3. The molecular weight excluding hydrogens is 514 g/mol. The molecule has 214 valence electrons. The molecule has 1 aliphatic carbocycles. The van der Waals surface area contributed by atoms with Crippen LogP contribution in [0.25, 0.3) is 0 Å². The summed E-state index contributed by atoms with van der Waals surface area (Å²) in [7, 11) is 0. The van der Waals surface area contributed by atoms with Crippen LogP contribution in [0.2, 0.25) is 0 Å². The lowest BCUT2D eigenvalue weighted by molar-refractivity contribution is -0.139. The topological polar surface area (TPSA) is 130 Å². The summed E-state index contributed by atoms with van der Waals surface area (Å²) in [6.07, 6.45) is 8.33. The van der Waals surface area contributed by atoms with Crippen molar-refractivity contribution < 1.29 is 24.1 Å². The Morgan fingerprint density at radius 1 is 1.25 bits per heavy atom. The summed E-state index contributed by atoms with van der Waals surface area (Å²) in [6.45, 7) is 4.69. The van der Waals surface area contributed by atoms with Gasteiger partial charge in [-0.3, -0.25) is 14.3 Å². The van der Waals surface area contributed by atoms with Crippen LogP contribution in [0.5, 0.6) is 11.5 Å². The second-order valence-electron chi connectivity index (χ2n) is 10.9.